The van der Waals surface area contributed by atoms with Gasteiger partial charge in [0, 0.05) is 17.8 Å². The lowest BCUT2D eigenvalue weighted by molar-refractivity contribution is -0.138. The number of nitrogens with one attached hydrogen (secondary N) is 1. The van der Waals surface area contributed by atoms with Gasteiger partial charge in [0.05, 0.1) is 17.2 Å². The predicted molar refractivity (Wildman–Crippen MR) is 111 cm³/mol. The van der Waals surface area contributed by atoms with Crippen LogP contribution in [0.25, 0.3) is 0 Å². The number of piperidine rings is 1. The fourth-order valence-electron chi connectivity index (χ4n) is 4.92. The van der Waals surface area contributed by atoms with Crippen molar-refractivity contribution in [1.82, 2.24) is 15.2 Å². The molecule has 2 aromatic rings. The molecule has 1 saturated heterocycles. The number of carbonyl (C=O) groups is 2. The van der Waals surface area contributed by atoms with Crippen LogP contribution in [0, 0.1) is 17.7 Å². The lowest BCUT2D eigenvalue weighted by Crippen LogP contribution is -2.49. The van der Waals surface area contributed by atoms with Gasteiger partial charge >= 0.3 is 12.4 Å². The number of likely N-dealkylation sites (tertiary alicyclic amines) is 1. The van der Waals surface area contributed by atoms with Crippen LogP contribution < -0.4 is 5.32 Å². The molecule has 5 rings (SSSR count). The number of halogens is 7. The number of carbonyl (C=O) groups excluding carboxylic acids is 2. The SMILES string of the molecule is O=C(NC(c1ccc(C(F)(F)F)cc1F)C1CC1)[C@H]1C[C@H]2C[C@H]2N1C(=O)c1cc(C(F)(F)F)ccn1. The third kappa shape index (κ3) is 4.64. The summed E-state index contributed by atoms with van der Waals surface area (Å²) in [7, 11) is 0. The van der Waals surface area contributed by atoms with Crippen molar-refractivity contribution in [1.29, 1.82) is 0 Å². The summed E-state index contributed by atoms with van der Waals surface area (Å²) in [5.74, 6) is -2.70. The first-order chi connectivity index (χ1) is 16.8. The van der Waals surface area contributed by atoms with E-state index in [1.54, 1.807) is 0 Å². The van der Waals surface area contributed by atoms with Crippen LogP contribution in [0.5, 0.6) is 0 Å². The molecule has 2 amide bonds. The minimum Gasteiger partial charge on any atom is -0.347 e. The van der Waals surface area contributed by atoms with E-state index in [0.29, 0.717) is 31.4 Å². The molecule has 0 spiro atoms. The second-order valence-corrected chi connectivity index (χ2v) is 9.51. The van der Waals surface area contributed by atoms with Gasteiger partial charge in [0.2, 0.25) is 5.91 Å². The molecule has 192 valence electrons. The monoisotopic (exact) mass is 515 g/mol. The summed E-state index contributed by atoms with van der Waals surface area (Å²) in [6.07, 6.45) is -6.35. The number of aromatic nitrogens is 1. The van der Waals surface area contributed by atoms with Gasteiger partial charge in [0.25, 0.3) is 5.91 Å². The summed E-state index contributed by atoms with van der Waals surface area (Å²) < 4.78 is 92.8. The minimum atomic E-state index is -4.72. The molecule has 1 aromatic carbocycles. The number of alkyl halides is 6. The molecule has 3 aliphatic rings. The van der Waals surface area contributed by atoms with Crippen LogP contribution in [-0.4, -0.2) is 33.8 Å². The van der Waals surface area contributed by atoms with Crippen molar-refractivity contribution in [2.45, 2.75) is 56.2 Å². The average molecular weight is 515 g/mol. The molecule has 1 aromatic heterocycles. The Bertz CT molecular complexity index is 1210. The Hall–Kier alpha value is -3.18. The van der Waals surface area contributed by atoms with E-state index >= 15 is 0 Å². The maximum Gasteiger partial charge on any atom is 0.416 e. The van der Waals surface area contributed by atoms with Crippen LogP contribution >= 0.6 is 0 Å². The van der Waals surface area contributed by atoms with Gasteiger partial charge in [-0.05, 0) is 61.8 Å². The Labute approximate surface area is 200 Å². The van der Waals surface area contributed by atoms with Crippen molar-refractivity contribution in [2.75, 3.05) is 0 Å². The summed E-state index contributed by atoms with van der Waals surface area (Å²) in [4.78, 5) is 31.3. The summed E-state index contributed by atoms with van der Waals surface area (Å²) in [6.45, 7) is 0. The molecule has 12 heteroatoms. The molecular weight excluding hydrogens is 495 g/mol. The van der Waals surface area contributed by atoms with E-state index in [2.05, 4.69) is 10.3 Å². The van der Waals surface area contributed by atoms with Gasteiger partial charge in [-0.15, -0.1) is 0 Å². The largest absolute Gasteiger partial charge is 0.416 e. The van der Waals surface area contributed by atoms with Crippen molar-refractivity contribution in [3.63, 3.8) is 0 Å². The lowest BCUT2D eigenvalue weighted by Gasteiger charge is -2.29. The fourth-order valence-corrected chi connectivity index (χ4v) is 4.92. The number of nitrogens with zero attached hydrogens (tertiary/aromatic N) is 2. The van der Waals surface area contributed by atoms with Crippen LogP contribution in [0.15, 0.2) is 36.5 Å². The molecule has 0 bridgehead atoms. The summed E-state index contributed by atoms with van der Waals surface area (Å²) in [6, 6.07) is 1.31. The van der Waals surface area contributed by atoms with Gasteiger partial charge in [-0.3, -0.25) is 14.6 Å². The van der Waals surface area contributed by atoms with Crippen LogP contribution in [0.3, 0.4) is 0 Å². The quantitative estimate of drug-likeness (QED) is 0.562. The fraction of sp³-hybridized carbons (Fsp3) is 0.458. The maximum absolute atomic E-state index is 14.7. The predicted octanol–water partition coefficient (Wildman–Crippen LogP) is 5.13. The van der Waals surface area contributed by atoms with E-state index < -0.39 is 58.9 Å². The number of fused-ring (bicyclic) bond motifs is 1. The number of amides is 2. The lowest BCUT2D eigenvalue weighted by atomic mass is 9.99. The highest BCUT2D eigenvalue weighted by molar-refractivity contribution is 5.97. The van der Waals surface area contributed by atoms with E-state index in [0.717, 1.165) is 24.4 Å². The van der Waals surface area contributed by atoms with Crippen LogP contribution in [0.1, 0.15) is 58.9 Å². The zero-order chi connectivity index (χ0) is 26.0. The highest BCUT2D eigenvalue weighted by Gasteiger charge is 2.57. The van der Waals surface area contributed by atoms with Crippen molar-refractivity contribution in [3.8, 4) is 0 Å². The Kier molecular flexibility index (Phi) is 5.75. The molecule has 2 heterocycles. The first-order valence-corrected chi connectivity index (χ1v) is 11.4. The van der Waals surface area contributed by atoms with Crippen LogP contribution in [0.4, 0.5) is 30.7 Å². The minimum absolute atomic E-state index is 0.0117. The van der Waals surface area contributed by atoms with Crippen LogP contribution in [-0.2, 0) is 17.1 Å². The van der Waals surface area contributed by atoms with Crippen LogP contribution in [0.2, 0.25) is 0 Å². The Morgan fingerprint density at radius 3 is 2.25 bits per heavy atom. The third-order valence-corrected chi connectivity index (χ3v) is 7.00. The van der Waals surface area contributed by atoms with Crippen molar-refractivity contribution >= 4 is 11.8 Å². The van der Waals surface area contributed by atoms with Gasteiger partial charge in [0.15, 0.2) is 0 Å². The molecule has 5 nitrogen and oxygen atoms in total. The second kappa shape index (κ2) is 8.45. The van der Waals surface area contributed by atoms with Crippen molar-refractivity contribution in [3.05, 3.63) is 64.7 Å². The highest BCUT2D eigenvalue weighted by atomic mass is 19.4. The molecule has 1 aliphatic heterocycles. The Morgan fingerprint density at radius 1 is 0.972 bits per heavy atom. The number of benzene rings is 1. The zero-order valence-corrected chi connectivity index (χ0v) is 18.5. The van der Waals surface area contributed by atoms with Crippen molar-refractivity contribution in [2.24, 2.45) is 11.8 Å². The topological polar surface area (TPSA) is 62.3 Å². The first kappa shape index (κ1) is 24.5. The molecular formula is C24H20F7N3O2. The zero-order valence-electron chi connectivity index (χ0n) is 18.5. The molecule has 4 atom stereocenters. The Morgan fingerprint density at radius 2 is 1.64 bits per heavy atom. The normalized spacial score (nSPS) is 24.3. The van der Waals surface area contributed by atoms with E-state index in [1.165, 1.54) is 4.90 Å². The number of pyridine rings is 1. The van der Waals surface area contributed by atoms with Gasteiger partial charge in [-0.2, -0.15) is 26.3 Å². The van der Waals surface area contributed by atoms with Crippen molar-refractivity contribution < 1.29 is 40.3 Å². The summed E-state index contributed by atoms with van der Waals surface area (Å²) >= 11 is 0. The molecule has 2 saturated carbocycles. The maximum atomic E-state index is 14.7. The Balaban J connectivity index is 1.37. The van der Waals surface area contributed by atoms with E-state index in [9.17, 15) is 40.3 Å². The molecule has 36 heavy (non-hydrogen) atoms. The second-order valence-electron chi connectivity index (χ2n) is 9.51. The smallest absolute Gasteiger partial charge is 0.347 e. The highest BCUT2D eigenvalue weighted by Crippen LogP contribution is 2.49. The van der Waals surface area contributed by atoms with Gasteiger partial charge < -0.3 is 10.2 Å². The molecule has 3 fully saturated rings. The molecule has 2 aliphatic carbocycles. The van der Waals surface area contributed by atoms with Gasteiger partial charge in [0.1, 0.15) is 17.6 Å². The van der Waals surface area contributed by atoms with E-state index in [4.69, 9.17) is 0 Å². The summed E-state index contributed by atoms with van der Waals surface area (Å²) in [5.41, 5.74) is -2.71. The number of hydrogen-bond acceptors (Lipinski definition) is 3. The molecule has 1 N–H and O–H groups in total. The standard InChI is InChI=1S/C24H20F7N3O2/c25-16-9-13(23(26,27)28)3-4-15(16)20(11-1-2-11)33-21(35)19-8-12-7-18(12)34(19)22(36)17-10-14(5-6-32-17)24(29,30)31/h3-6,9-12,18-20H,1-2,7-8H2,(H,33,35)/t12-,18-,19-,20?/m1/s1. The third-order valence-electron chi connectivity index (χ3n) is 7.00. The number of rotatable bonds is 5. The number of hydrogen-bond donors (Lipinski definition) is 1. The first-order valence-electron chi connectivity index (χ1n) is 11.4. The summed E-state index contributed by atoms with van der Waals surface area (Å²) in [5, 5.41) is 2.69. The average Bonchev–Trinajstić information content (AvgIpc) is 3.74. The molecule has 1 unspecified atom stereocenters. The van der Waals surface area contributed by atoms with E-state index in [-0.39, 0.29) is 29.9 Å². The molecule has 0 radical (unpaired) electrons. The van der Waals surface area contributed by atoms with Gasteiger partial charge in [-0.1, -0.05) is 6.07 Å². The van der Waals surface area contributed by atoms with E-state index in [1.807, 2.05) is 0 Å². The van der Waals surface area contributed by atoms with Gasteiger partial charge in [-0.25, -0.2) is 4.39 Å².